The minimum Gasteiger partial charge on any atom is -0.322 e. The van der Waals surface area contributed by atoms with Crippen molar-refractivity contribution in [3.05, 3.63) is 63.9 Å². The maximum Gasteiger partial charge on any atom is 0.255 e. The highest BCUT2D eigenvalue weighted by atomic mass is 35.5. The van der Waals surface area contributed by atoms with E-state index >= 15 is 0 Å². The van der Waals surface area contributed by atoms with Gasteiger partial charge in [-0.1, -0.05) is 47.8 Å². The number of hydrogen-bond donors (Lipinski definition) is 1. The summed E-state index contributed by atoms with van der Waals surface area (Å²) in [5.74, 6) is -0.207. The first-order chi connectivity index (χ1) is 13.6. The Balaban J connectivity index is 1.51. The lowest BCUT2D eigenvalue weighted by molar-refractivity contribution is 0.102. The molecule has 4 rings (SSSR count). The van der Waals surface area contributed by atoms with Crippen LogP contribution in [0, 0.1) is 0 Å². The van der Waals surface area contributed by atoms with Gasteiger partial charge in [-0.15, -0.1) is 10.2 Å². The number of carbonyl (C=O) groups is 1. The molecule has 1 amide bonds. The molecule has 28 heavy (non-hydrogen) atoms. The van der Waals surface area contributed by atoms with E-state index in [2.05, 4.69) is 26.5 Å². The van der Waals surface area contributed by atoms with Gasteiger partial charge < -0.3 is 5.32 Å². The van der Waals surface area contributed by atoms with Crippen molar-refractivity contribution in [3.8, 4) is 0 Å². The lowest BCUT2D eigenvalue weighted by atomic mass is 10.1. The molecule has 0 aliphatic carbocycles. The number of benzene rings is 2. The third-order valence-electron chi connectivity index (χ3n) is 4.99. The second-order valence-corrected chi connectivity index (χ2v) is 7.75. The second kappa shape index (κ2) is 8.43. The van der Waals surface area contributed by atoms with Crippen LogP contribution in [-0.4, -0.2) is 34.1 Å². The van der Waals surface area contributed by atoms with E-state index in [9.17, 15) is 4.79 Å². The minimum absolute atomic E-state index is 0.207. The fraction of sp³-hybridized carbons (Fsp3) is 0.286. The van der Waals surface area contributed by atoms with Gasteiger partial charge in [-0.3, -0.25) is 9.69 Å². The molecule has 2 heterocycles. The van der Waals surface area contributed by atoms with Crippen LogP contribution in [0.25, 0.3) is 10.8 Å². The molecule has 1 fully saturated rings. The number of aromatic nitrogens is 2. The Hall–Kier alpha value is -2.21. The summed E-state index contributed by atoms with van der Waals surface area (Å²) >= 11 is 12.2. The van der Waals surface area contributed by atoms with Gasteiger partial charge in [0.15, 0.2) is 10.3 Å². The first-order valence-corrected chi connectivity index (χ1v) is 10.1. The summed E-state index contributed by atoms with van der Waals surface area (Å²) in [6.45, 7) is 3.19. The lowest BCUT2D eigenvalue weighted by Gasteiger charge is -2.26. The summed E-state index contributed by atoms with van der Waals surface area (Å²) in [7, 11) is 0. The van der Waals surface area contributed by atoms with Crippen molar-refractivity contribution < 1.29 is 4.79 Å². The quantitative estimate of drug-likeness (QED) is 0.639. The molecule has 5 nitrogen and oxygen atoms in total. The summed E-state index contributed by atoms with van der Waals surface area (Å²) in [6, 6.07) is 13.1. The van der Waals surface area contributed by atoms with Crippen LogP contribution < -0.4 is 5.32 Å². The molecule has 3 aromatic rings. The number of halogens is 2. The Morgan fingerprint density at radius 2 is 1.71 bits per heavy atom. The molecular weight excluding hydrogens is 395 g/mol. The molecule has 2 aromatic carbocycles. The molecule has 0 unspecified atom stereocenters. The Labute approximate surface area is 173 Å². The highest BCUT2D eigenvalue weighted by Crippen LogP contribution is 2.27. The largest absolute Gasteiger partial charge is 0.322 e. The van der Waals surface area contributed by atoms with E-state index < -0.39 is 0 Å². The first kappa shape index (κ1) is 19.1. The number of piperidine rings is 1. The van der Waals surface area contributed by atoms with Crippen molar-refractivity contribution in [2.24, 2.45) is 0 Å². The predicted octanol–water partition coefficient (Wildman–Crippen LogP) is 5.17. The van der Waals surface area contributed by atoms with Crippen molar-refractivity contribution in [1.82, 2.24) is 15.1 Å². The molecule has 0 radical (unpaired) electrons. The van der Waals surface area contributed by atoms with E-state index in [1.807, 2.05) is 18.2 Å². The zero-order valence-electron chi connectivity index (χ0n) is 15.3. The van der Waals surface area contributed by atoms with Crippen molar-refractivity contribution in [2.75, 3.05) is 18.4 Å². The van der Waals surface area contributed by atoms with Crippen LogP contribution in [0.5, 0.6) is 0 Å². The normalized spacial score (nSPS) is 14.9. The Kier molecular flexibility index (Phi) is 5.76. The smallest absolute Gasteiger partial charge is 0.255 e. The summed E-state index contributed by atoms with van der Waals surface area (Å²) in [5, 5.41) is 12.3. The van der Waals surface area contributed by atoms with Gasteiger partial charge in [0.05, 0.1) is 0 Å². The highest BCUT2D eigenvalue weighted by Gasteiger charge is 2.13. The minimum atomic E-state index is -0.207. The van der Waals surface area contributed by atoms with Gasteiger partial charge in [-0.2, -0.15) is 0 Å². The molecule has 0 atom stereocenters. The van der Waals surface area contributed by atoms with Crippen molar-refractivity contribution in [1.29, 1.82) is 0 Å². The highest BCUT2D eigenvalue weighted by molar-refractivity contribution is 6.38. The van der Waals surface area contributed by atoms with E-state index in [1.54, 1.807) is 18.2 Å². The topological polar surface area (TPSA) is 58.1 Å². The number of nitrogens with one attached hydrogen (secondary N) is 1. The fourth-order valence-electron chi connectivity index (χ4n) is 3.56. The Morgan fingerprint density at radius 1 is 0.964 bits per heavy atom. The van der Waals surface area contributed by atoms with Crippen molar-refractivity contribution in [3.63, 3.8) is 0 Å². The second-order valence-electron chi connectivity index (χ2n) is 7.03. The van der Waals surface area contributed by atoms with Crippen LogP contribution in [0.4, 0.5) is 5.69 Å². The maximum atomic E-state index is 12.7. The number of fused-ring (bicyclic) bond motifs is 1. The number of anilines is 1. The van der Waals surface area contributed by atoms with Gasteiger partial charge in [0, 0.05) is 28.6 Å². The van der Waals surface area contributed by atoms with Crippen LogP contribution in [0.1, 0.15) is 35.2 Å². The number of carbonyl (C=O) groups excluding carboxylic acids is 1. The number of nitrogens with zero attached hydrogens (tertiary/aromatic N) is 3. The Morgan fingerprint density at radius 3 is 2.50 bits per heavy atom. The molecule has 0 spiro atoms. The summed E-state index contributed by atoms with van der Waals surface area (Å²) < 4.78 is 0. The molecule has 1 aliphatic rings. The van der Waals surface area contributed by atoms with Gasteiger partial charge in [0.25, 0.3) is 5.91 Å². The van der Waals surface area contributed by atoms with E-state index in [0.717, 1.165) is 25.3 Å². The molecule has 1 saturated heterocycles. The molecule has 0 saturated carbocycles. The SMILES string of the molecule is O=C(Nc1cccc(CN2CCCCC2)c1)c1ccc2c(Cl)nnc(Cl)c2c1. The van der Waals surface area contributed by atoms with Crippen LogP contribution in [0.15, 0.2) is 42.5 Å². The average molecular weight is 415 g/mol. The monoisotopic (exact) mass is 414 g/mol. The molecule has 7 heteroatoms. The Bertz CT molecular complexity index is 1020. The van der Waals surface area contributed by atoms with Crippen molar-refractivity contribution >= 4 is 45.6 Å². The summed E-state index contributed by atoms with van der Waals surface area (Å²) in [4.78, 5) is 15.2. The standard InChI is InChI=1S/C21H20Cl2N4O/c22-19-17-8-7-15(12-18(17)20(23)26-25-19)21(28)24-16-6-4-5-14(11-16)13-27-9-2-1-3-10-27/h4-8,11-12H,1-3,9-10,13H2,(H,24,28). The number of amides is 1. The zero-order valence-corrected chi connectivity index (χ0v) is 16.8. The molecule has 1 N–H and O–H groups in total. The summed E-state index contributed by atoms with van der Waals surface area (Å²) in [5.41, 5.74) is 2.46. The summed E-state index contributed by atoms with van der Waals surface area (Å²) in [6.07, 6.45) is 3.84. The third-order valence-corrected chi connectivity index (χ3v) is 5.55. The fourth-order valence-corrected chi connectivity index (χ4v) is 3.95. The first-order valence-electron chi connectivity index (χ1n) is 9.34. The van der Waals surface area contributed by atoms with E-state index in [1.165, 1.54) is 24.8 Å². The maximum absolute atomic E-state index is 12.7. The lowest BCUT2D eigenvalue weighted by Crippen LogP contribution is -2.29. The molecule has 0 bridgehead atoms. The van der Waals surface area contributed by atoms with Crippen LogP contribution in [-0.2, 0) is 6.54 Å². The van der Waals surface area contributed by atoms with E-state index in [0.29, 0.717) is 16.3 Å². The molecule has 1 aliphatic heterocycles. The van der Waals surface area contributed by atoms with E-state index in [4.69, 9.17) is 23.2 Å². The molecular formula is C21H20Cl2N4O. The van der Waals surface area contributed by atoms with E-state index in [-0.39, 0.29) is 16.2 Å². The molecule has 1 aromatic heterocycles. The van der Waals surface area contributed by atoms with Gasteiger partial charge in [-0.25, -0.2) is 0 Å². The van der Waals surface area contributed by atoms with Gasteiger partial charge in [0.2, 0.25) is 0 Å². The third kappa shape index (κ3) is 4.27. The predicted molar refractivity (Wildman–Crippen MR) is 113 cm³/mol. The van der Waals surface area contributed by atoms with Crippen LogP contribution >= 0.6 is 23.2 Å². The number of likely N-dealkylation sites (tertiary alicyclic amines) is 1. The van der Waals surface area contributed by atoms with Crippen LogP contribution in [0.3, 0.4) is 0 Å². The van der Waals surface area contributed by atoms with Crippen LogP contribution in [0.2, 0.25) is 10.3 Å². The number of rotatable bonds is 4. The van der Waals surface area contributed by atoms with Gasteiger partial charge in [-0.05, 0) is 55.8 Å². The van der Waals surface area contributed by atoms with Gasteiger partial charge >= 0.3 is 0 Å². The van der Waals surface area contributed by atoms with Gasteiger partial charge in [0.1, 0.15) is 0 Å². The number of hydrogen-bond acceptors (Lipinski definition) is 4. The zero-order chi connectivity index (χ0) is 19.5. The average Bonchev–Trinajstić information content (AvgIpc) is 2.71. The van der Waals surface area contributed by atoms with Crippen molar-refractivity contribution in [2.45, 2.75) is 25.8 Å². The molecule has 144 valence electrons.